The Labute approximate surface area is 324 Å². The van der Waals surface area contributed by atoms with Crippen molar-refractivity contribution in [2.75, 3.05) is 4.90 Å². The Kier molecular flexibility index (Phi) is 7.17. The number of para-hydroxylation sites is 3. The summed E-state index contributed by atoms with van der Waals surface area (Å²) in [6, 6.07) is 64.3. The van der Waals surface area contributed by atoms with Gasteiger partial charge in [0.05, 0.1) is 5.69 Å². The van der Waals surface area contributed by atoms with Gasteiger partial charge in [-0.1, -0.05) is 141 Å². The van der Waals surface area contributed by atoms with Crippen LogP contribution in [0.25, 0.3) is 77.9 Å². The fourth-order valence-electron chi connectivity index (χ4n) is 8.72. The molecule has 0 N–H and O–H groups in total. The topological polar surface area (TPSA) is 42.4 Å². The van der Waals surface area contributed by atoms with Crippen molar-refractivity contribution in [3.63, 3.8) is 0 Å². The SMILES string of the molecule is CC1(C)c2ccccc2-c2ccc(N(c3ccc(-c4ccc(-c5ccccc5)cc4)cc3)c3cccc4c3oc3cccc(-c5nc6ccccc6o5)c34)cc21. The number of hydrogen-bond acceptors (Lipinski definition) is 4. The van der Waals surface area contributed by atoms with Crippen LogP contribution in [-0.2, 0) is 5.41 Å². The molecule has 1 aliphatic rings. The first-order valence-electron chi connectivity index (χ1n) is 19.1. The van der Waals surface area contributed by atoms with Crippen LogP contribution < -0.4 is 4.90 Å². The lowest BCUT2D eigenvalue weighted by molar-refractivity contribution is 0.620. The molecular weight excluding hydrogens is 685 g/mol. The molecule has 0 radical (unpaired) electrons. The van der Waals surface area contributed by atoms with E-state index in [0.29, 0.717) is 5.89 Å². The minimum absolute atomic E-state index is 0.150. The molecule has 56 heavy (non-hydrogen) atoms. The van der Waals surface area contributed by atoms with E-state index < -0.39 is 0 Å². The van der Waals surface area contributed by atoms with Crippen molar-refractivity contribution in [1.82, 2.24) is 4.98 Å². The molecule has 0 aliphatic heterocycles. The van der Waals surface area contributed by atoms with Crippen LogP contribution in [0.4, 0.5) is 17.1 Å². The lowest BCUT2D eigenvalue weighted by Gasteiger charge is -2.28. The van der Waals surface area contributed by atoms with Crippen LogP contribution in [0.15, 0.2) is 191 Å². The molecule has 0 unspecified atom stereocenters. The molecular formula is C52H36N2O2. The highest BCUT2D eigenvalue weighted by Gasteiger charge is 2.36. The molecule has 8 aromatic carbocycles. The minimum Gasteiger partial charge on any atom is -0.454 e. The standard InChI is InChI=1S/C52H36N2O2/c1-52(2)43-17-7-6-14-39(43)40-31-30-38(32-44(40)52)54(37-28-26-36(27-29-37)35-24-22-34(23-25-35)33-12-4-3-5-13-33)46-19-10-15-41-49-42(16-11-21-48(49)55-50(41)46)51-53-45-18-8-9-20-47(45)56-51/h3-32H,1-2H3. The summed E-state index contributed by atoms with van der Waals surface area (Å²) >= 11 is 0. The summed E-state index contributed by atoms with van der Waals surface area (Å²) in [6.45, 7) is 4.66. The molecule has 0 spiro atoms. The number of oxazole rings is 1. The molecule has 266 valence electrons. The summed E-state index contributed by atoms with van der Waals surface area (Å²) < 4.78 is 13.2. The van der Waals surface area contributed by atoms with Gasteiger partial charge in [-0.2, -0.15) is 0 Å². The second-order valence-electron chi connectivity index (χ2n) is 15.1. The van der Waals surface area contributed by atoms with Crippen LogP contribution in [0.3, 0.4) is 0 Å². The van der Waals surface area contributed by atoms with Gasteiger partial charge < -0.3 is 13.7 Å². The first kappa shape index (κ1) is 32.3. The van der Waals surface area contributed by atoms with Crippen LogP contribution in [0.5, 0.6) is 0 Å². The normalized spacial score (nSPS) is 13.0. The van der Waals surface area contributed by atoms with Crippen molar-refractivity contribution >= 4 is 50.1 Å². The molecule has 2 heterocycles. The number of rotatable bonds is 6. The number of furan rings is 1. The van der Waals surface area contributed by atoms with Gasteiger partial charge >= 0.3 is 0 Å². The third-order valence-electron chi connectivity index (χ3n) is 11.5. The summed E-state index contributed by atoms with van der Waals surface area (Å²) in [5.41, 5.74) is 17.0. The fourth-order valence-corrected chi connectivity index (χ4v) is 8.72. The highest BCUT2D eigenvalue weighted by Crippen LogP contribution is 2.51. The van der Waals surface area contributed by atoms with Gasteiger partial charge in [-0.3, -0.25) is 0 Å². The van der Waals surface area contributed by atoms with E-state index in [-0.39, 0.29) is 5.41 Å². The van der Waals surface area contributed by atoms with E-state index in [1.165, 1.54) is 38.9 Å². The molecule has 0 saturated heterocycles. The first-order valence-corrected chi connectivity index (χ1v) is 19.1. The summed E-state index contributed by atoms with van der Waals surface area (Å²) in [5.74, 6) is 0.578. The Morgan fingerprint density at radius 1 is 0.464 bits per heavy atom. The van der Waals surface area contributed by atoms with Crippen LogP contribution in [0.1, 0.15) is 25.0 Å². The van der Waals surface area contributed by atoms with Gasteiger partial charge in [0, 0.05) is 33.1 Å². The van der Waals surface area contributed by atoms with Crippen LogP contribution in [0.2, 0.25) is 0 Å². The summed E-state index contributed by atoms with van der Waals surface area (Å²) in [6.07, 6.45) is 0. The average Bonchev–Trinajstić information content (AvgIpc) is 3.93. The Hall–Kier alpha value is -7.17. The maximum Gasteiger partial charge on any atom is 0.228 e. The first-order chi connectivity index (χ1) is 27.5. The average molecular weight is 721 g/mol. The zero-order chi connectivity index (χ0) is 37.4. The van der Waals surface area contributed by atoms with Crippen molar-refractivity contribution in [1.29, 1.82) is 0 Å². The molecule has 0 saturated carbocycles. The van der Waals surface area contributed by atoms with Crippen LogP contribution in [0, 0.1) is 0 Å². The second-order valence-corrected chi connectivity index (χ2v) is 15.1. The van der Waals surface area contributed by atoms with Crippen molar-refractivity contribution < 1.29 is 8.83 Å². The van der Waals surface area contributed by atoms with E-state index in [1.807, 2.05) is 36.4 Å². The van der Waals surface area contributed by atoms with Crippen molar-refractivity contribution in [2.45, 2.75) is 19.3 Å². The molecule has 2 aromatic heterocycles. The van der Waals surface area contributed by atoms with E-state index in [4.69, 9.17) is 13.8 Å². The van der Waals surface area contributed by atoms with Gasteiger partial charge in [-0.05, 0) is 99.1 Å². The molecule has 0 bridgehead atoms. The van der Waals surface area contributed by atoms with Gasteiger partial charge in [0.25, 0.3) is 0 Å². The molecule has 4 nitrogen and oxygen atoms in total. The lowest BCUT2D eigenvalue weighted by atomic mass is 9.82. The predicted octanol–water partition coefficient (Wildman–Crippen LogP) is 14.5. The monoisotopic (exact) mass is 720 g/mol. The number of nitrogens with zero attached hydrogens (tertiary/aromatic N) is 2. The summed E-state index contributed by atoms with van der Waals surface area (Å²) in [4.78, 5) is 7.21. The van der Waals surface area contributed by atoms with E-state index in [9.17, 15) is 0 Å². The van der Waals surface area contributed by atoms with Gasteiger partial charge in [0.2, 0.25) is 5.89 Å². The zero-order valence-electron chi connectivity index (χ0n) is 31.0. The van der Waals surface area contributed by atoms with Crippen molar-refractivity contribution in [2.24, 2.45) is 0 Å². The molecule has 0 fully saturated rings. The lowest BCUT2D eigenvalue weighted by Crippen LogP contribution is -2.16. The fraction of sp³-hybridized carbons (Fsp3) is 0.0577. The Morgan fingerprint density at radius 2 is 1.07 bits per heavy atom. The summed E-state index contributed by atoms with van der Waals surface area (Å²) in [7, 11) is 0. The van der Waals surface area contributed by atoms with Gasteiger partial charge in [-0.25, -0.2) is 4.98 Å². The van der Waals surface area contributed by atoms with E-state index in [1.54, 1.807) is 0 Å². The van der Waals surface area contributed by atoms with Crippen molar-refractivity contribution in [3.8, 4) is 44.8 Å². The molecule has 4 heteroatoms. The minimum atomic E-state index is -0.150. The van der Waals surface area contributed by atoms with Crippen molar-refractivity contribution in [3.05, 3.63) is 193 Å². The number of fused-ring (bicyclic) bond motifs is 7. The number of hydrogen-bond donors (Lipinski definition) is 0. The zero-order valence-corrected chi connectivity index (χ0v) is 31.0. The second kappa shape index (κ2) is 12.4. The quantitative estimate of drug-likeness (QED) is 0.171. The third-order valence-corrected chi connectivity index (χ3v) is 11.5. The molecule has 1 aliphatic carbocycles. The smallest absolute Gasteiger partial charge is 0.228 e. The Bertz CT molecular complexity index is 3070. The van der Waals surface area contributed by atoms with Gasteiger partial charge in [0.1, 0.15) is 11.1 Å². The maximum absolute atomic E-state index is 6.86. The molecule has 0 amide bonds. The summed E-state index contributed by atoms with van der Waals surface area (Å²) in [5, 5.41) is 1.99. The Balaban J connectivity index is 1.07. The predicted molar refractivity (Wildman–Crippen MR) is 230 cm³/mol. The van der Waals surface area contributed by atoms with E-state index in [0.717, 1.165) is 61.2 Å². The third kappa shape index (κ3) is 5.03. The van der Waals surface area contributed by atoms with Gasteiger partial charge in [0.15, 0.2) is 11.2 Å². The molecule has 11 rings (SSSR count). The Morgan fingerprint density at radius 3 is 1.86 bits per heavy atom. The largest absolute Gasteiger partial charge is 0.454 e. The molecule has 0 atom stereocenters. The van der Waals surface area contributed by atoms with E-state index in [2.05, 4.69) is 164 Å². The highest BCUT2D eigenvalue weighted by molar-refractivity contribution is 6.15. The van der Waals surface area contributed by atoms with Crippen LogP contribution in [-0.4, -0.2) is 4.98 Å². The highest BCUT2D eigenvalue weighted by atomic mass is 16.3. The van der Waals surface area contributed by atoms with Crippen LogP contribution >= 0.6 is 0 Å². The number of benzene rings is 8. The maximum atomic E-state index is 6.86. The number of aromatic nitrogens is 1. The van der Waals surface area contributed by atoms with E-state index >= 15 is 0 Å². The number of anilines is 3. The molecule has 10 aromatic rings. The van der Waals surface area contributed by atoms with Gasteiger partial charge in [-0.15, -0.1) is 0 Å².